The van der Waals surface area contributed by atoms with Crippen molar-refractivity contribution in [3.63, 3.8) is 0 Å². The summed E-state index contributed by atoms with van der Waals surface area (Å²) in [6, 6.07) is 0. The van der Waals surface area contributed by atoms with Crippen molar-refractivity contribution >= 4 is 0 Å². The largest absolute Gasteiger partial charge is 0.394 e. The summed E-state index contributed by atoms with van der Waals surface area (Å²) in [5, 5.41) is 8.49. The van der Waals surface area contributed by atoms with Crippen molar-refractivity contribution in [1.82, 2.24) is 0 Å². The summed E-state index contributed by atoms with van der Waals surface area (Å²) < 4.78 is 5.26. The molecule has 0 saturated heterocycles. The summed E-state index contributed by atoms with van der Waals surface area (Å²) >= 11 is 0. The maximum atomic E-state index is 8.49. The van der Waals surface area contributed by atoms with Crippen LogP contribution in [0.4, 0.5) is 0 Å². The first kappa shape index (κ1) is 9.75. The molecular formula is C10H18O2. The molecule has 2 unspecified atom stereocenters. The van der Waals surface area contributed by atoms with Crippen LogP contribution in [-0.2, 0) is 4.74 Å². The van der Waals surface area contributed by atoms with Crippen LogP contribution >= 0.6 is 0 Å². The fraction of sp³-hybridized carbons (Fsp3) is 0.800. The molecule has 2 atom stereocenters. The fourth-order valence-electron chi connectivity index (χ4n) is 1.45. The topological polar surface area (TPSA) is 29.5 Å². The standard InChI is InChI=1S/C10H18O2/c1-9-2-4-10(5-3-9)8-12-7-6-11/h2,4,9-11H,3,5-8H2,1H3. The Morgan fingerprint density at radius 3 is 2.83 bits per heavy atom. The third-order valence-corrected chi connectivity index (χ3v) is 2.27. The second kappa shape index (κ2) is 5.33. The van der Waals surface area contributed by atoms with Gasteiger partial charge in [0.25, 0.3) is 0 Å². The zero-order valence-corrected chi connectivity index (χ0v) is 7.70. The lowest BCUT2D eigenvalue weighted by Gasteiger charge is -2.19. The van der Waals surface area contributed by atoms with Crippen LogP contribution < -0.4 is 0 Å². The highest BCUT2D eigenvalue weighted by Crippen LogP contribution is 2.21. The Labute approximate surface area is 74.2 Å². The Morgan fingerprint density at radius 2 is 2.25 bits per heavy atom. The van der Waals surface area contributed by atoms with Gasteiger partial charge in [-0.1, -0.05) is 19.1 Å². The maximum Gasteiger partial charge on any atom is 0.0697 e. The van der Waals surface area contributed by atoms with Crippen LogP contribution in [-0.4, -0.2) is 24.9 Å². The summed E-state index contributed by atoms with van der Waals surface area (Å²) in [6.07, 6.45) is 6.99. The van der Waals surface area contributed by atoms with Gasteiger partial charge in [-0.05, 0) is 18.8 Å². The van der Waals surface area contributed by atoms with Crippen molar-refractivity contribution in [3.8, 4) is 0 Å². The van der Waals surface area contributed by atoms with Crippen LogP contribution in [0.1, 0.15) is 19.8 Å². The first-order valence-corrected chi connectivity index (χ1v) is 4.70. The van der Waals surface area contributed by atoms with Gasteiger partial charge in [0, 0.05) is 5.92 Å². The van der Waals surface area contributed by atoms with Gasteiger partial charge < -0.3 is 9.84 Å². The monoisotopic (exact) mass is 170 g/mol. The van der Waals surface area contributed by atoms with E-state index in [4.69, 9.17) is 9.84 Å². The Morgan fingerprint density at radius 1 is 1.42 bits per heavy atom. The Hall–Kier alpha value is -0.340. The minimum absolute atomic E-state index is 0.132. The van der Waals surface area contributed by atoms with Crippen molar-refractivity contribution in [2.45, 2.75) is 19.8 Å². The number of aliphatic hydroxyl groups is 1. The third-order valence-electron chi connectivity index (χ3n) is 2.27. The second-order valence-electron chi connectivity index (χ2n) is 3.50. The van der Waals surface area contributed by atoms with E-state index in [-0.39, 0.29) is 6.61 Å². The zero-order valence-electron chi connectivity index (χ0n) is 7.70. The predicted molar refractivity (Wildman–Crippen MR) is 48.9 cm³/mol. The van der Waals surface area contributed by atoms with E-state index in [1.54, 1.807) is 0 Å². The highest BCUT2D eigenvalue weighted by atomic mass is 16.5. The molecule has 0 aliphatic heterocycles. The maximum absolute atomic E-state index is 8.49. The van der Waals surface area contributed by atoms with Gasteiger partial charge in [-0.25, -0.2) is 0 Å². The van der Waals surface area contributed by atoms with Crippen LogP contribution in [0.5, 0.6) is 0 Å². The minimum Gasteiger partial charge on any atom is -0.394 e. The number of hydrogen-bond acceptors (Lipinski definition) is 2. The van der Waals surface area contributed by atoms with Crippen molar-refractivity contribution in [2.75, 3.05) is 19.8 Å². The van der Waals surface area contributed by atoms with Crippen molar-refractivity contribution in [3.05, 3.63) is 12.2 Å². The van der Waals surface area contributed by atoms with Crippen LogP contribution in [0, 0.1) is 11.8 Å². The van der Waals surface area contributed by atoms with Gasteiger partial charge in [-0.3, -0.25) is 0 Å². The van der Waals surface area contributed by atoms with E-state index in [1.165, 1.54) is 12.8 Å². The Kier molecular flexibility index (Phi) is 4.33. The molecule has 1 rings (SSSR count). The van der Waals surface area contributed by atoms with Crippen molar-refractivity contribution < 1.29 is 9.84 Å². The van der Waals surface area contributed by atoms with E-state index in [2.05, 4.69) is 19.1 Å². The first-order valence-electron chi connectivity index (χ1n) is 4.70. The summed E-state index contributed by atoms with van der Waals surface area (Å²) in [5.74, 6) is 1.31. The molecule has 1 aliphatic carbocycles. The van der Waals surface area contributed by atoms with Gasteiger partial charge in [-0.2, -0.15) is 0 Å². The van der Waals surface area contributed by atoms with Crippen molar-refractivity contribution in [1.29, 1.82) is 0 Å². The second-order valence-corrected chi connectivity index (χ2v) is 3.50. The molecule has 0 aromatic heterocycles. The summed E-state index contributed by atoms with van der Waals surface area (Å²) in [7, 11) is 0. The van der Waals surface area contributed by atoms with Crippen molar-refractivity contribution in [2.24, 2.45) is 11.8 Å². The molecule has 12 heavy (non-hydrogen) atoms. The lowest BCUT2D eigenvalue weighted by Crippen LogP contribution is -2.13. The Balaban J connectivity index is 2.13. The molecule has 2 heteroatoms. The highest BCUT2D eigenvalue weighted by molar-refractivity contribution is 4.96. The lowest BCUT2D eigenvalue weighted by molar-refractivity contribution is 0.0733. The average Bonchev–Trinajstić information content (AvgIpc) is 2.09. The van der Waals surface area contributed by atoms with E-state index in [0.29, 0.717) is 12.5 Å². The molecule has 70 valence electrons. The number of ether oxygens (including phenoxy) is 1. The number of aliphatic hydroxyl groups excluding tert-OH is 1. The fourth-order valence-corrected chi connectivity index (χ4v) is 1.45. The third kappa shape index (κ3) is 3.37. The smallest absolute Gasteiger partial charge is 0.0697 e. The van der Waals surface area contributed by atoms with Gasteiger partial charge in [0.2, 0.25) is 0 Å². The van der Waals surface area contributed by atoms with E-state index in [1.807, 2.05) is 0 Å². The molecule has 0 spiro atoms. The van der Waals surface area contributed by atoms with E-state index in [0.717, 1.165) is 12.5 Å². The Bertz CT molecular complexity index is 143. The first-order chi connectivity index (χ1) is 5.83. The zero-order chi connectivity index (χ0) is 8.81. The molecule has 2 nitrogen and oxygen atoms in total. The summed E-state index contributed by atoms with van der Waals surface area (Å²) in [5.41, 5.74) is 0. The van der Waals surface area contributed by atoms with E-state index >= 15 is 0 Å². The number of allylic oxidation sites excluding steroid dienone is 1. The molecular weight excluding hydrogens is 152 g/mol. The number of hydrogen-bond donors (Lipinski definition) is 1. The molecule has 1 aliphatic rings. The normalized spacial score (nSPS) is 29.2. The van der Waals surface area contributed by atoms with Gasteiger partial charge in [-0.15, -0.1) is 0 Å². The molecule has 1 N–H and O–H groups in total. The summed E-state index contributed by atoms with van der Waals surface area (Å²) in [6.45, 7) is 3.61. The number of rotatable bonds is 4. The van der Waals surface area contributed by atoms with Gasteiger partial charge in [0.1, 0.15) is 0 Å². The van der Waals surface area contributed by atoms with E-state index in [9.17, 15) is 0 Å². The molecule has 0 saturated carbocycles. The molecule has 0 fully saturated rings. The van der Waals surface area contributed by atoms with Gasteiger partial charge in [0.05, 0.1) is 19.8 Å². The molecule has 0 amide bonds. The predicted octanol–water partition coefficient (Wildman–Crippen LogP) is 1.60. The van der Waals surface area contributed by atoms with E-state index < -0.39 is 0 Å². The van der Waals surface area contributed by atoms with Crippen LogP contribution in [0.25, 0.3) is 0 Å². The average molecular weight is 170 g/mol. The minimum atomic E-state index is 0.132. The van der Waals surface area contributed by atoms with Gasteiger partial charge >= 0.3 is 0 Å². The molecule has 0 aromatic carbocycles. The molecule has 0 bridgehead atoms. The quantitative estimate of drug-likeness (QED) is 0.513. The summed E-state index contributed by atoms with van der Waals surface area (Å²) in [4.78, 5) is 0. The molecule has 0 heterocycles. The SMILES string of the molecule is CC1C=CC(COCCO)CC1. The highest BCUT2D eigenvalue weighted by Gasteiger charge is 2.11. The molecule has 0 aromatic rings. The van der Waals surface area contributed by atoms with Gasteiger partial charge in [0.15, 0.2) is 0 Å². The lowest BCUT2D eigenvalue weighted by atomic mass is 9.90. The van der Waals surface area contributed by atoms with Crippen LogP contribution in [0.2, 0.25) is 0 Å². The van der Waals surface area contributed by atoms with Crippen LogP contribution in [0.3, 0.4) is 0 Å². The molecule has 0 radical (unpaired) electrons. The van der Waals surface area contributed by atoms with Crippen LogP contribution in [0.15, 0.2) is 12.2 Å².